The van der Waals surface area contributed by atoms with Crippen molar-refractivity contribution in [2.24, 2.45) is 0 Å². The molecular formula is C16H19NO3. The van der Waals surface area contributed by atoms with E-state index in [0.717, 1.165) is 24.0 Å². The van der Waals surface area contributed by atoms with Crippen LogP contribution in [0.15, 0.2) is 12.1 Å². The summed E-state index contributed by atoms with van der Waals surface area (Å²) in [6.45, 7) is 4.05. The van der Waals surface area contributed by atoms with E-state index in [1.807, 2.05) is 13.0 Å². The third kappa shape index (κ3) is 2.42. The van der Waals surface area contributed by atoms with Crippen molar-refractivity contribution in [3.8, 4) is 5.75 Å². The summed E-state index contributed by atoms with van der Waals surface area (Å²) >= 11 is 0. The summed E-state index contributed by atoms with van der Waals surface area (Å²) in [5.41, 5.74) is 2.87. The molecule has 1 N–H and O–H groups in total. The van der Waals surface area contributed by atoms with Gasteiger partial charge < -0.3 is 10.1 Å². The number of hydrogen-bond acceptors (Lipinski definition) is 3. The second kappa shape index (κ2) is 4.93. The van der Waals surface area contributed by atoms with Crippen molar-refractivity contribution < 1.29 is 14.3 Å². The first-order valence-corrected chi connectivity index (χ1v) is 7.15. The molecule has 0 aliphatic heterocycles. The van der Waals surface area contributed by atoms with Gasteiger partial charge in [-0.2, -0.15) is 0 Å². The van der Waals surface area contributed by atoms with Crippen LogP contribution in [0, 0.1) is 6.92 Å². The minimum Gasteiger partial charge on any atom is -0.483 e. The molecule has 1 aromatic carbocycles. The molecule has 3 rings (SSSR count). The molecule has 1 fully saturated rings. The molecule has 0 radical (unpaired) electrons. The summed E-state index contributed by atoms with van der Waals surface area (Å²) in [6, 6.07) is 4.09. The van der Waals surface area contributed by atoms with Gasteiger partial charge in [0, 0.05) is 12.5 Å². The van der Waals surface area contributed by atoms with Crippen LogP contribution in [0.25, 0.3) is 0 Å². The molecule has 1 atom stereocenters. The van der Waals surface area contributed by atoms with Crippen LogP contribution in [0.4, 0.5) is 0 Å². The number of carbonyl (C=O) groups is 2. The Balaban J connectivity index is 1.77. The first-order chi connectivity index (χ1) is 9.56. The maximum absolute atomic E-state index is 12.1. The van der Waals surface area contributed by atoms with Gasteiger partial charge in [-0.1, -0.05) is 13.0 Å². The number of ketones is 1. The topological polar surface area (TPSA) is 55.4 Å². The fourth-order valence-corrected chi connectivity index (χ4v) is 2.87. The van der Waals surface area contributed by atoms with Gasteiger partial charge in [0.1, 0.15) is 5.75 Å². The van der Waals surface area contributed by atoms with Crippen LogP contribution in [0.1, 0.15) is 53.6 Å². The molecule has 4 heteroatoms. The van der Waals surface area contributed by atoms with Crippen molar-refractivity contribution in [1.29, 1.82) is 0 Å². The highest BCUT2D eigenvalue weighted by molar-refractivity contribution is 6.04. The van der Waals surface area contributed by atoms with Crippen LogP contribution >= 0.6 is 0 Å². The average molecular weight is 273 g/mol. The molecule has 106 valence electrons. The normalized spacial score (nSPS) is 20.7. The lowest BCUT2D eigenvalue weighted by Crippen LogP contribution is -2.30. The number of aryl methyl sites for hydroxylation is 1. The van der Waals surface area contributed by atoms with Crippen molar-refractivity contribution in [1.82, 2.24) is 5.32 Å². The number of Topliss-reactive ketones (excluding diaryl/α,β-unsaturated/α-hetero) is 1. The Kier molecular flexibility index (Phi) is 3.24. The number of fused-ring (bicyclic) bond motifs is 1. The first-order valence-electron chi connectivity index (χ1n) is 7.15. The number of ether oxygens (including phenoxy) is 1. The Morgan fingerprint density at radius 3 is 2.85 bits per heavy atom. The van der Waals surface area contributed by atoms with Crippen molar-refractivity contribution in [3.63, 3.8) is 0 Å². The highest BCUT2D eigenvalue weighted by Gasteiger charge is 2.31. The molecular weight excluding hydrogens is 254 g/mol. The van der Waals surface area contributed by atoms with E-state index in [0.29, 0.717) is 23.8 Å². The third-order valence-corrected chi connectivity index (χ3v) is 3.99. The number of amides is 1. The number of benzene rings is 1. The van der Waals surface area contributed by atoms with Gasteiger partial charge in [-0.05, 0) is 42.9 Å². The monoisotopic (exact) mass is 273 g/mol. The zero-order valence-electron chi connectivity index (χ0n) is 11.9. The SMILES string of the molecule is Cc1ccc(OCC(=O)NC2CC2)c2c1C(C)CC2=O. The summed E-state index contributed by atoms with van der Waals surface area (Å²) in [5, 5.41) is 2.87. The van der Waals surface area contributed by atoms with E-state index in [4.69, 9.17) is 4.74 Å². The maximum atomic E-state index is 12.1. The molecule has 0 spiro atoms. The molecule has 1 unspecified atom stereocenters. The molecule has 1 aromatic rings. The molecule has 2 aliphatic rings. The maximum Gasteiger partial charge on any atom is 0.258 e. The summed E-state index contributed by atoms with van der Waals surface area (Å²) in [6.07, 6.45) is 2.65. The lowest BCUT2D eigenvalue weighted by molar-refractivity contribution is -0.123. The number of nitrogens with one attached hydrogen (secondary N) is 1. The van der Waals surface area contributed by atoms with Crippen LogP contribution in [0.2, 0.25) is 0 Å². The Morgan fingerprint density at radius 1 is 1.40 bits per heavy atom. The first kappa shape index (κ1) is 13.2. The molecule has 0 aromatic heterocycles. The molecule has 2 aliphatic carbocycles. The standard InChI is InChI=1S/C16H19NO3/c1-9-3-6-13(16-12(18)7-10(2)15(9)16)20-8-14(19)17-11-4-5-11/h3,6,10-11H,4-5,7-8H2,1-2H3,(H,17,19). The molecule has 1 amide bonds. The Bertz CT molecular complexity index is 575. The van der Waals surface area contributed by atoms with Gasteiger partial charge in [0.25, 0.3) is 5.91 Å². The van der Waals surface area contributed by atoms with E-state index >= 15 is 0 Å². The third-order valence-electron chi connectivity index (χ3n) is 3.99. The fraction of sp³-hybridized carbons (Fsp3) is 0.500. The van der Waals surface area contributed by atoms with Crippen LogP contribution in [0.3, 0.4) is 0 Å². The van der Waals surface area contributed by atoms with E-state index in [2.05, 4.69) is 12.2 Å². The fourth-order valence-electron chi connectivity index (χ4n) is 2.87. The minimum atomic E-state index is -0.111. The zero-order chi connectivity index (χ0) is 14.3. The Hall–Kier alpha value is -1.84. The van der Waals surface area contributed by atoms with E-state index in [-0.39, 0.29) is 24.2 Å². The molecule has 0 saturated heterocycles. The quantitative estimate of drug-likeness (QED) is 0.916. The lowest BCUT2D eigenvalue weighted by atomic mass is 9.97. The van der Waals surface area contributed by atoms with Gasteiger partial charge in [0.05, 0.1) is 5.56 Å². The van der Waals surface area contributed by atoms with Gasteiger partial charge in [-0.15, -0.1) is 0 Å². The number of rotatable bonds is 4. The van der Waals surface area contributed by atoms with Crippen molar-refractivity contribution in [2.45, 2.75) is 45.1 Å². The molecule has 20 heavy (non-hydrogen) atoms. The minimum absolute atomic E-state index is 0.0202. The highest BCUT2D eigenvalue weighted by Crippen LogP contribution is 2.40. The van der Waals surface area contributed by atoms with Crippen molar-refractivity contribution >= 4 is 11.7 Å². The van der Waals surface area contributed by atoms with Crippen LogP contribution < -0.4 is 10.1 Å². The van der Waals surface area contributed by atoms with Crippen LogP contribution in [-0.2, 0) is 4.79 Å². The van der Waals surface area contributed by atoms with E-state index in [9.17, 15) is 9.59 Å². The molecule has 4 nitrogen and oxygen atoms in total. The van der Waals surface area contributed by atoms with Crippen molar-refractivity contribution in [3.05, 3.63) is 28.8 Å². The highest BCUT2D eigenvalue weighted by atomic mass is 16.5. The van der Waals surface area contributed by atoms with Gasteiger partial charge in [-0.3, -0.25) is 9.59 Å². The summed E-state index contributed by atoms with van der Waals surface area (Å²) in [7, 11) is 0. The summed E-state index contributed by atoms with van der Waals surface area (Å²) in [4.78, 5) is 23.8. The number of carbonyl (C=O) groups excluding carboxylic acids is 2. The predicted octanol–water partition coefficient (Wildman–Crippen LogP) is 2.34. The summed E-state index contributed by atoms with van der Waals surface area (Å²) < 4.78 is 5.58. The van der Waals surface area contributed by atoms with E-state index < -0.39 is 0 Å². The van der Waals surface area contributed by atoms with Crippen LogP contribution in [0.5, 0.6) is 5.75 Å². The van der Waals surface area contributed by atoms with Gasteiger partial charge in [-0.25, -0.2) is 0 Å². The smallest absolute Gasteiger partial charge is 0.258 e. The van der Waals surface area contributed by atoms with Gasteiger partial charge >= 0.3 is 0 Å². The predicted molar refractivity (Wildman–Crippen MR) is 75.2 cm³/mol. The molecule has 1 saturated carbocycles. The molecule has 0 bridgehead atoms. The lowest BCUT2D eigenvalue weighted by Gasteiger charge is -2.13. The summed E-state index contributed by atoms with van der Waals surface area (Å²) in [5.74, 6) is 0.793. The zero-order valence-corrected chi connectivity index (χ0v) is 11.9. The second-order valence-electron chi connectivity index (χ2n) is 5.83. The van der Waals surface area contributed by atoms with E-state index in [1.165, 1.54) is 0 Å². The number of hydrogen-bond donors (Lipinski definition) is 1. The van der Waals surface area contributed by atoms with E-state index in [1.54, 1.807) is 6.07 Å². The van der Waals surface area contributed by atoms with Gasteiger partial charge in [0.15, 0.2) is 12.4 Å². The Labute approximate surface area is 118 Å². The van der Waals surface area contributed by atoms with Crippen molar-refractivity contribution in [2.75, 3.05) is 6.61 Å². The van der Waals surface area contributed by atoms with Crippen LogP contribution in [-0.4, -0.2) is 24.3 Å². The second-order valence-corrected chi connectivity index (χ2v) is 5.83. The average Bonchev–Trinajstić information content (AvgIpc) is 3.14. The molecule has 0 heterocycles. The largest absolute Gasteiger partial charge is 0.483 e. The van der Waals surface area contributed by atoms with Gasteiger partial charge in [0.2, 0.25) is 0 Å². The Morgan fingerprint density at radius 2 is 2.15 bits per heavy atom.